The molecule has 1 aromatic carbocycles. The summed E-state index contributed by atoms with van der Waals surface area (Å²) in [6.07, 6.45) is -4.60. The first-order valence-electron chi connectivity index (χ1n) is 6.31. The van der Waals surface area contributed by atoms with Crippen LogP contribution in [0.1, 0.15) is 25.0 Å². The van der Waals surface area contributed by atoms with E-state index in [0.29, 0.717) is 21.1 Å². The normalized spacial score (nSPS) is 13.2. The van der Waals surface area contributed by atoms with Crippen LogP contribution < -0.4 is 5.73 Å². The second-order valence-electron chi connectivity index (χ2n) is 5.24. The van der Waals surface area contributed by atoms with Gasteiger partial charge in [-0.15, -0.1) is 0 Å². The summed E-state index contributed by atoms with van der Waals surface area (Å²) >= 11 is 0. The maximum atomic E-state index is 12.7. The van der Waals surface area contributed by atoms with Crippen molar-refractivity contribution in [2.24, 2.45) is 0 Å². The highest BCUT2D eigenvalue weighted by Crippen LogP contribution is 2.29. The van der Waals surface area contributed by atoms with E-state index < -0.39 is 28.8 Å². The Kier molecular flexibility index (Phi) is 4.94. The van der Waals surface area contributed by atoms with Crippen molar-refractivity contribution in [3.8, 4) is 0 Å². The lowest BCUT2D eigenvalue weighted by molar-refractivity contribution is -0.138. The molecule has 0 amide bonds. The van der Waals surface area contributed by atoms with Crippen LogP contribution in [0.25, 0.3) is 0 Å². The van der Waals surface area contributed by atoms with Crippen molar-refractivity contribution in [1.82, 2.24) is 4.31 Å². The van der Waals surface area contributed by atoms with Crippen LogP contribution in [-0.4, -0.2) is 31.5 Å². The molecule has 0 aromatic heterocycles. The van der Waals surface area contributed by atoms with Crippen molar-refractivity contribution in [2.75, 3.05) is 12.3 Å². The molecule has 0 saturated carbocycles. The number of sulfonamides is 1. The first-order valence-corrected chi connectivity index (χ1v) is 7.75. The monoisotopic (exact) mass is 324 g/mol. The van der Waals surface area contributed by atoms with Crippen LogP contribution in [0.3, 0.4) is 0 Å². The minimum atomic E-state index is -4.60. The fourth-order valence-electron chi connectivity index (χ4n) is 2.23. The smallest absolute Gasteiger partial charge is 0.399 e. The van der Waals surface area contributed by atoms with Gasteiger partial charge in [0.05, 0.1) is 4.90 Å². The number of nitrogens with zero attached hydrogens (tertiary/aromatic N) is 1. The molecule has 1 aromatic rings. The molecule has 2 N–H and O–H groups in total. The lowest BCUT2D eigenvalue weighted by atomic mass is 10.1. The van der Waals surface area contributed by atoms with Crippen LogP contribution in [-0.2, 0) is 10.0 Å². The van der Waals surface area contributed by atoms with Crippen LogP contribution in [0.5, 0.6) is 0 Å². The molecule has 0 heterocycles. The lowest BCUT2D eigenvalue weighted by Crippen LogP contribution is -2.43. The van der Waals surface area contributed by atoms with E-state index in [9.17, 15) is 21.6 Å². The Hall–Kier alpha value is -1.28. The summed E-state index contributed by atoms with van der Waals surface area (Å²) in [6, 6.07) is 2.06. The third-order valence-corrected chi connectivity index (χ3v) is 5.29. The molecule has 0 unspecified atom stereocenters. The van der Waals surface area contributed by atoms with Gasteiger partial charge in [0.2, 0.25) is 10.0 Å². The van der Waals surface area contributed by atoms with E-state index in [1.165, 1.54) is 39.8 Å². The van der Waals surface area contributed by atoms with Gasteiger partial charge < -0.3 is 5.73 Å². The largest absolute Gasteiger partial charge is 0.402 e. The SMILES string of the molecule is Cc1cc(N)cc(C)c1S(=O)(=O)N(CC(F)(F)F)C(C)C. The number of aryl methyl sites for hydroxylation is 2. The topological polar surface area (TPSA) is 63.4 Å². The Labute approximate surface area is 122 Å². The molecular weight excluding hydrogens is 305 g/mol. The number of rotatable bonds is 4. The standard InChI is InChI=1S/C13H19F3N2O2S/c1-8(2)18(7-13(14,15)16)21(19,20)12-9(3)5-11(17)6-10(12)4/h5-6,8H,7,17H2,1-4H3. The second-order valence-corrected chi connectivity index (χ2v) is 7.07. The van der Waals surface area contributed by atoms with E-state index >= 15 is 0 Å². The summed E-state index contributed by atoms with van der Waals surface area (Å²) in [5, 5.41) is 0. The van der Waals surface area contributed by atoms with Gasteiger partial charge in [0, 0.05) is 11.7 Å². The van der Waals surface area contributed by atoms with Crippen LogP contribution in [0, 0.1) is 13.8 Å². The van der Waals surface area contributed by atoms with Gasteiger partial charge in [-0.3, -0.25) is 0 Å². The van der Waals surface area contributed by atoms with Gasteiger partial charge in [-0.05, 0) is 51.0 Å². The number of nitrogen functional groups attached to an aromatic ring is 1. The third kappa shape index (κ3) is 4.10. The Morgan fingerprint density at radius 3 is 1.95 bits per heavy atom. The van der Waals surface area contributed by atoms with Crippen molar-refractivity contribution < 1.29 is 21.6 Å². The quantitative estimate of drug-likeness (QED) is 0.866. The maximum absolute atomic E-state index is 12.7. The van der Waals surface area contributed by atoms with Crippen LogP contribution >= 0.6 is 0 Å². The van der Waals surface area contributed by atoms with Crippen molar-refractivity contribution >= 4 is 15.7 Å². The fourth-order valence-corrected chi connectivity index (χ4v) is 4.27. The van der Waals surface area contributed by atoms with Gasteiger partial charge in [0.1, 0.15) is 6.54 Å². The Bertz CT molecular complexity index is 602. The number of benzene rings is 1. The van der Waals surface area contributed by atoms with E-state index in [2.05, 4.69) is 0 Å². The van der Waals surface area contributed by atoms with Gasteiger partial charge in [-0.2, -0.15) is 17.5 Å². The van der Waals surface area contributed by atoms with Gasteiger partial charge in [0.25, 0.3) is 0 Å². The molecule has 0 spiro atoms. The zero-order valence-corrected chi connectivity index (χ0v) is 13.1. The Morgan fingerprint density at radius 2 is 1.62 bits per heavy atom. The maximum Gasteiger partial charge on any atom is 0.402 e. The van der Waals surface area contributed by atoms with Gasteiger partial charge in [-0.1, -0.05) is 0 Å². The Balaban J connectivity index is 3.44. The lowest BCUT2D eigenvalue weighted by Gasteiger charge is -2.28. The van der Waals surface area contributed by atoms with Crippen molar-refractivity contribution in [1.29, 1.82) is 0 Å². The highest BCUT2D eigenvalue weighted by atomic mass is 32.2. The summed E-state index contributed by atoms with van der Waals surface area (Å²) in [5.41, 5.74) is 6.66. The molecule has 0 aliphatic heterocycles. The molecule has 0 aliphatic carbocycles. The number of hydrogen-bond donors (Lipinski definition) is 1. The van der Waals surface area contributed by atoms with E-state index in [4.69, 9.17) is 5.73 Å². The first kappa shape index (κ1) is 17.8. The molecule has 0 atom stereocenters. The predicted molar refractivity (Wildman–Crippen MR) is 75.4 cm³/mol. The van der Waals surface area contributed by atoms with E-state index in [1.54, 1.807) is 0 Å². The van der Waals surface area contributed by atoms with Crippen LogP contribution in [0.4, 0.5) is 18.9 Å². The molecule has 0 fully saturated rings. The molecule has 8 heteroatoms. The zero-order chi connectivity index (χ0) is 16.6. The number of alkyl halides is 3. The predicted octanol–water partition coefficient (Wildman–Crippen LogP) is 2.85. The zero-order valence-electron chi connectivity index (χ0n) is 12.3. The van der Waals surface area contributed by atoms with E-state index in [-0.39, 0.29) is 4.90 Å². The first-order chi connectivity index (χ1) is 9.36. The number of halogens is 3. The minimum absolute atomic E-state index is 0.116. The fraction of sp³-hybridized carbons (Fsp3) is 0.538. The summed E-state index contributed by atoms with van der Waals surface area (Å²) < 4.78 is 63.6. The second kappa shape index (κ2) is 5.84. The van der Waals surface area contributed by atoms with Gasteiger partial charge in [0.15, 0.2) is 0 Å². The van der Waals surface area contributed by atoms with Crippen molar-refractivity contribution in [3.63, 3.8) is 0 Å². The summed E-state index contributed by atoms with van der Waals surface area (Å²) in [4.78, 5) is -0.116. The summed E-state index contributed by atoms with van der Waals surface area (Å²) in [5.74, 6) is 0. The molecule has 0 bridgehead atoms. The molecular formula is C13H19F3N2O2S. The average molecular weight is 324 g/mol. The molecule has 4 nitrogen and oxygen atoms in total. The molecule has 1 rings (SSSR count). The summed E-state index contributed by atoms with van der Waals surface area (Å²) in [6.45, 7) is 4.33. The van der Waals surface area contributed by atoms with Gasteiger partial charge >= 0.3 is 6.18 Å². The number of nitrogens with two attached hydrogens (primary N) is 1. The molecule has 0 radical (unpaired) electrons. The van der Waals surface area contributed by atoms with E-state index in [0.717, 1.165) is 0 Å². The highest BCUT2D eigenvalue weighted by Gasteiger charge is 2.39. The van der Waals surface area contributed by atoms with Crippen LogP contribution in [0.2, 0.25) is 0 Å². The molecule has 120 valence electrons. The summed E-state index contributed by atoms with van der Waals surface area (Å²) in [7, 11) is -4.25. The molecule has 0 saturated heterocycles. The highest BCUT2D eigenvalue weighted by molar-refractivity contribution is 7.89. The van der Waals surface area contributed by atoms with Crippen molar-refractivity contribution in [2.45, 2.75) is 44.8 Å². The van der Waals surface area contributed by atoms with E-state index in [1.807, 2.05) is 0 Å². The average Bonchev–Trinajstić information content (AvgIpc) is 2.21. The van der Waals surface area contributed by atoms with Crippen LogP contribution in [0.15, 0.2) is 17.0 Å². The molecule has 0 aliphatic rings. The minimum Gasteiger partial charge on any atom is -0.399 e. The molecule has 21 heavy (non-hydrogen) atoms. The number of hydrogen-bond acceptors (Lipinski definition) is 3. The van der Waals surface area contributed by atoms with Gasteiger partial charge in [-0.25, -0.2) is 8.42 Å². The Morgan fingerprint density at radius 1 is 1.19 bits per heavy atom. The van der Waals surface area contributed by atoms with Crippen molar-refractivity contribution in [3.05, 3.63) is 23.3 Å². The number of anilines is 1. The third-order valence-electron chi connectivity index (χ3n) is 2.96.